The van der Waals surface area contributed by atoms with Crippen molar-refractivity contribution in [2.75, 3.05) is 0 Å². The summed E-state index contributed by atoms with van der Waals surface area (Å²) in [4.78, 5) is 0. The minimum absolute atomic E-state index is 1.06. The Kier molecular flexibility index (Phi) is 3.33. The Morgan fingerprint density at radius 3 is 2.45 bits per heavy atom. The largest absolute Gasteiger partial charge is 0.350 e. The maximum Gasteiger partial charge on any atom is 0.138 e. The van der Waals surface area contributed by atoms with Crippen LogP contribution in [0.1, 0.15) is 13.3 Å². The van der Waals surface area contributed by atoms with Gasteiger partial charge in [-0.05, 0) is 11.2 Å². The highest BCUT2D eigenvalue weighted by Gasteiger charge is 2.04. The molecular weight excluding hydrogens is 150 g/mol. The molecule has 0 radical (unpaired) electrons. The van der Waals surface area contributed by atoms with E-state index < -0.39 is 8.96 Å². The molecule has 0 aliphatic rings. The normalized spacial score (nSPS) is 12.9. The lowest BCUT2D eigenvalue weighted by Crippen LogP contribution is -2.39. The Morgan fingerprint density at radius 2 is 1.91 bits per heavy atom. The second-order valence-corrected chi connectivity index (χ2v) is 5.26. The van der Waals surface area contributed by atoms with Crippen molar-refractivity contribution in [1.82, 2.24) is 0 Å². The van der Waals surface area contributed by atoms with Gasteiger partial charge in [0.05, 0.1) is 0 Å². The fraction of sp³-hybridized carbons (Fsp3) is 0.333. The first-order chi connectivity index (χ1) is 5.34. The fourth-order valence-electron chi connectivity index (χ4n) is 1.18. The van der Waals surface area contributed by atoms with Gasteiger partial charge in [-0.1, -0.05) is 43.7 Å². The smallest absolute Gasteiger partial charge is 0.138 e. The molecule has 1 atom stereocenters. The lowest BCUT2D eigenvalue weighted by molar-refractivity contribution is 1.06. The van der Waals surface area contributed by atoms with Crippen molar-refractivity contribution in [2.24, 2.45) is 5.40 Å². The lowest BCUT2D eigenvalue weighted by Gasteiger charge is -2.06. The van der Waals surface area contributed by atoms with E-state index in [1.54, 1.807) is 0 Å². The summed E-state index contributed by atoms with van der Waals surface area (Å²) in [7, 11) is -1.06. The van der Waals surface area contributed by atoms with Crippen LogP contribution in [0, 0.1) is 0 Å². The molecule has 0 aliphatic carbocycles. The van der Waals surface area contributed by atoms with Gasteiger partial charge in [0, 0.05) is 0 Å². The van der Waals surface area contributed by atoms with E-state index >= 15 is 0 Å². The highest BCUT2D eigenvalue weighted by Crippen LogP contribution is 1.92. The Labute approximate surface area is 69.9 Å². The van der Waals surface area contributed by atoms with Gasteiger partial charge in [-0.25, -0.2) is 0 Å². The molecule has 1 unspecified atom stereocenters. The van der Waals surface area contributed by atoms with Crippen molar-refractivity contribution in [3.8, 4) is 0 Å². The van der Waals surface area contributed by atoms with Crippen LogP contribution in [0.25, 0.3) is 0 Å². The van der Waals surface area contributed by atoms with Gasteiger partial charge in [0.1, 0.15) is 8.96 Å². The summed E-state index contributed by atoms with van der Waals surface area (Å²) in [5.41, 5.74) is 0. The van der Waals surface area contributed by atoms with Crippen molar-refractivity contribution in [2.45, 2.75) is 19.4 Å². The third kappa shape index (κ3) is 2.48. The van der Waals surface area contributed by atoms with Crippen molar-refractivity contribution < 1.29 is 0 Å². The summed E-state index contributed by atoms with van der Waals surface area (Å²) in [6.45, 7) is 2.19. The van der Waals surface area contributed by atoms with E-state index in [1.165, 1.54) is 17.7 Å². The van der Waals surface area contributed by atoms with Crippen LogP contribution in [-0.2, 0) is 0 Å². The topological polar surface area (TPSA) is 26.0 Å². The second kappa shape index (κ2) is 4.31. The van der Waals surface area contributed by atoms with E-state index in [1.807, 2.05) is 6.07 Å². The second-order valence-electron chi connectivity index (χ2n) is 2.81. The van der Waals surface area contributed by atoms with Crippen LogP contribution < -0.4 is 10.6 Å². The Balaban J connectivity index is 2.61. The quantitative estimate of drug-likeness (QED) is 0.664. The zero-order valence-electron chi connectivity index (χ0n) is 6.96. The molecule has 11 heavy (non-hydrogen) atoms. The van der Waals surface area contributed by atoms with Gasteiger partial charge in [0.15, 0.2) is 0 Å². The summed E-state index contributed by atoms with van der Waals surface area (Å²) >= 11 is 0. The van der Waals surface area contributed by atoms with E-state index in [-0.39, 0.29) is 0 Å². The van der Waals surface area contributed by atoms with Crippen molar-refractivity contribution in [3.63, 3.8) is 0 Å². The van der Waals surface area contributed by atoms with Crippen LogP contribution in [0.5, 0.6) is 0 Å². The molecule has 0 saturated carbocycles. The maximum absolute atomic E-state index is 6.04. The van der Waals surface area contributed by atoms with E-state index in [4.69, 9.17) is 5.40 Å². The molecule has 0 fully saturated rings. The monoisotopic (exact) mass is 165 g/mol. The minimum Gasteiger partial charge on any atom is -0.350 e. The molecule has 0 heterocycles. The van der Waals surface area contributed by atoms with Gasteiger partial charge >= 0.3 is 0 Å². The molecule has 0 saturated heterocycles. The van der Waals surface area contributed by atoms with Crippen LogP contribution in [-0.4, -0.2) is 8.96 Å². The predicted octanol–water partition coefficient (Wildman–Crippen LogP) is 0.986. The maximum atomic E-state index is 6.04. The van der Waals surface area contributed by atoms with Gasteiger partial charge in [0.25, 0.3) is 0 Å². The number of benzene rings is 1. The predicted molar refractivity (Wildman–Crippen MR) is 52.5 cm³/mol. The SMILES string of the molecule is CCC[SiH](N)c1ccccc1. The first-order valence-electron chi connectivity index (χ1n) is 4.15. The molecule has 1 nitrogen and oxygen atoms in total. The molecule has 2 heteroatoms. The Bertz CT molecular complexity index is 198. The molecule has 1 aromatic carbocycles. The zero-order valence-corrected chi connectivity index (χ0v) is 8.11. The molecule has 0 bridgehead atoms. The summed E-state index contributed by atoms with van der Waals surface area (Å²) in [5.74, 6) is 0. The van der Waals surface area contributed by atoms with Gasteiger partial charge in [-0.3, -0.25) is 0 Å². The van der Waals surface area contributed by atoms with Crippen molar-refractivity contribution in [1.29, 1.82) is 0 Å². The van der Waals surface area contributed by atoms with Gasteiger partial charge in [0.2, 0.25) is 0 Å². The van der Waals surface area contributed by atoms with Crippen LogP contribution in [0.15, 0.2) is 30.3 Å². The third-order valence-corrected chi connectivity index (χ3v) is 4.27. The average Bonchev–Trinajstić information content (AvgIpc) is 2.07. The minimum atomic E-state index is -1.06. The molecule has 1 rings (SSSR count). The molecule has 0 amide bonds. The number of hydrogen-bond donors (Lipinski definition) is 1. The Hall–Kier alpha value is -0.603. The van der Waals surface area contributed by atoms with Crippen molar-refractivity contribution in [3.05, 3.63) is 30.3 Å². The molecule has 1 aromatic rings. The van der Waals surface area contributed by atoms with Crippen LogP contribution in [0.2, 0.25) is 6.04 Å². The molecule has 0 aliphatic heterocycles. The van der Waals surface area contributed by atoms with E-state index in [9.17, 15) is 0 Å². The van der Waals surface area contributed by atoms with Crippen LogP contribution in [0.3, 0.4) is 0 Å². The Morgan fingerprint density at radius 1 is 1.27 bits per heavy atom. The first-order valence-corrected chi connectivity index (χ1v) is 6.21. The molecule has 2 N–H and O–H groups in total. The lowest BCUT2D eigenvalue weighted by atomic mass is 10.4. The molecule has 0 spiro atoms. The van der Waals surface area contributed by atoms with Crippen molar-refractivity contribution >= 4 is 14.1 Å². The van der Waals surface area contributed by atoms with E-state index in [2.05, 4.69) is 31.2 Å². The molecular formula is C9H15NSi. The fourth-order valence-corrected chi connectivity index (χ4v) is 2.85. The number of nitrogens with two attached hydrogens (primary N) is 1. The summed E-state index contributed by atoms with van der Waals surface area (Å²) in [6, 6.07) is 11.7. The van der Waals surface area contributed by atoms with Gasteiger partial charge < -0.3 is 5.40 Å². The van der Waals surface area contributed by atoms with Crippen LogP contribution >= 0.6 is 0 Å². The summed E-state index contributed by atoms with van der Waals surface area (Å²) in [5, 5.41) is 7.43. The average molecular weight is 165 g/mol. The molecule has 0 aromatic heterocycles. The van der Waals surface area contributed by atoms with Gasteiger partial charge in [-0.2, -0.15) is 0 Å². The molecule has 60 valence electrons. The highest BCUT2D eigenvalue weighted by molar-refractivity contribution is 6.70. The summed E-state index contributed by atoms with van der Waals surface area (Å²) in [6.07, 6.45) is 1.21. The van der Waals surface area contributed by atoms with E-state index in [0.29, 0.717) is 0 Å². The van der Waals surface area contributed by atoms with E-state index in [0.717, 1.165) is 0 Å². The summed E-state index contributed by atoms with van der Waals surface area (Å²) < 4.78 is 0. The zero-order chi connectivity index (χ0) is 8.10. The third-order valence-electron chi connectivity index (χ3n) is 1.83. The standard InChI is InChI=1S/C9H15NSi/c1-2-8-11(10)9-6-4-3-5-7-9/h3-7,11H,2,8,10H2,1H3. The number of rotatable bonds is 3. The van der Waals surface area contributed by atoms with Crippen LogP contribution in [0.4, 0.5) is 0 Å². The highest BCUT2D eigenvalue weighted by atomic mass is 28.3. The number of hydrogen-bond acceptors (Lipinski definition) is 1. The first kappa shape index (κ1) is 8.49. The van der Waals surface area contributed by atoms with Gasteiger partial charge in [-0.15, -0.1) is 0 Å².